The maximum Gasteiger partial charge on any atom is 0.260 e. The summed E-state index contributed by atoms with van der Waals surface area (Å²) in [6.45, 7) is 0. The fourth-order valence-corrected chi connectivity index (χ4v) is 6.06. The number of nitrogens with zero attached hydrogens (tertiary/aromatic N) is 2. The van der Waals surface area contributed by atoms with Crippen molar-refractivity contribution in [1.29, 1.82) is 0 Å². The molecule has 7 nitrogen and oxygen atoms in total. The second-order valence-electron chi connectivity index (χ2n) is 7.72. The van der Waals surface area contributed by atoms with Gasteiger partial charge in [0.2, 0.25) is 0 Å². The number of fused-ring (bicyclic) bond motifs is 1. The van der Waals surface area contributed by atoms with Crippen molar-refractivity contribution in [2.24, 2.45) is 0 Å². The number of hydrogen-bond acceptors (Lipinski definition) is 7. The highest BCUT2D eigenvalue weighted by Gasteiger charge is 2.31. The van der Waals surface area contributed by atoms with Crippen LogP contribution in [0.2, 0.25) is 0 Å². The first kappa shape index (κ1) is 22.2. The summed E-state index contributed by atoms with van der Waals surface area (Å²) in [4.78, 5) is 21.0. The van der Waals surface area contributed by atoms with Crippen molar-refractivity contribution >= 4 is 37.9 Å². The van der Waals surface area contributed by atoms with Gasteiger partial charge in [0.1, 0.15) is 16.9 Å². The monoisotopic (exact) mass is 494 g/mol. The molecule has 172 valence electrons. The Kier molecular flexibility index (Phi) is 5.84. The van der Waals surface area contributed by atoms with E-state index in [4.69, 9.17) is 0 Å². The molecule has 0 radical (unpaired) electrons. The number of nitrogens with one attached hydrogen (secondary N) is 2. The van der Waals surface area contributed by atoms with Gasteiger partial charge in [-0.1, -0.05) is 24.3 Å². The molecule has 1 amide bonds. The maximum atomic E-state index is 14.8. The summed E-state index contributed by atoms with van der Waals surface area (Å²) in [5, 5.41) is 6.75. The molecule has 1 unspecified atom stereocenters. The van der Waals surface area contributed by atoms with Gasteiger partial charge in [0.05, 0.1) is 16.2 Å². The van der Waals surface area contributed by atoms with Gasteiger partial charge in [-0.05, 0) is 54.8 Å². The molecule has 1 aliphatic heterocycles. The van der Waals surface area contributed by atoms with Crippen molar-refractivity contribution in [3.8, 4) is 11.4 Å². The molecular formula is C24H19FN4O3S2. The number of pyridine rings is 1. The Hall–Kier alpha value is -3.63. The first-order valence-electron chi connectivity index (χ1n) is 10.5. The highest BCUT2D eigenvalue weighted by atomic mass is 32.2. The quantitative estimate of drug-likeness (QED) is 0.415. The van der Waals surface area contributed by atoms with Crippen LogP contribution >= 0.6 is 11.3 Å². The molecule has 2 N–H and O–H groups in total. The topological polar surface area (TPSA) is 101 Å². The van der Waals surface area contributed by atoms with Crippen molar-refractivity contribution in [2.75, 3.05) is 10.6 Å². The number of thiazole rings is 1. The van der Waals surface area contributed by atoms with Gasteiger partial charge in [-0.15, -0.1) is 11.3 Å². The largest absolute Gasteiger partial charge is 0.369 e. The van der Waals surface area contributed by atoms with Crippen LogP contribution in [-0.4, -0.2) is 29.7 Å². The van der Waals surface area contributed by atoms with Crippen molar-refractivity contribution in [1.82, 2.24) is 9.97 Å². The lowest BCUT2D eigenvalue weighted by Gasteiger charge is -2.27. The van der Waals surface area contributed by atoms with Crippen LogP contribution in [0.4, 0.5) is 15.2 Å². The molecule has 3 heterocycles. The second-order valence-corrected chi connectivity index (χ2v) is 10.7. The average molecular weight is 495 g/mol. The van der Waals surface area contributed by atoms with Gasteiger partial charge in [0, 0.05) is 17.3 Å². The van der Waals surface area contributed by atoms with Crippen molar-refractivity contribution in [3.05, 3.63) is 89.2 Å². The Morgan fingerprint density at radius 2 is 1.91 bits per heavy atom. The number of rotatable bonds is 5. The Labute approximate surface area is 199 Å². The number of carbonyl (C=O) groups excluding carboxylic acids is 1. The summed E-state index contributed by atoms with van der Waals surface area (Å²) < 4.78 is 41.1. The molecule has 0 spiro atoms. The van der Waals surface area contributed by atoms with E-state index < -0.39 is 26.9 Å². The molecule has 2 aromatic heterocycles. The summed E-state index contributed by atoms with van der Waals surface area (Å²) in [5.74, 6) is -1.63. The Morgan fingerprint density at radius 1 is 1.09 bits per heavy atom. The van der Waals surface area contributed by atoms with Crippen LogP contribution in [0, 0.1) is 5.82 Å². The number of sulfone groups is 1. The molecule has 2 aromatic carbocycles. The number of hydrogen-bond donors (Lipinski definition) is 2. The first-order chi connectivity index (χ1) is 16.4. The van der Waals surface area contributed by atoms with Crippen LogP contribution in [0.5, 0.6) is 0 Å². The number of benzene rings is 2. The smallest absolute Gasteiger partial charge is 0.260 e. The minimum Gasteiger partial charge on any atom is -0.369 e. The molecule has 0 bridgehead atoms. The third kappa shape index (κ3) is 4.29. The SMILES string of the molecule is O=C(Nc1nc(-c2ccccn2)cs1)c1ccc(S(=O)(=O)C2CCc3ccccc3N2)cc1F. The predicted molar refractivity (Wildman–Crippen MR) is 129 cm³/mol. The summed E-state index contributed by atoms with van der Waals surface area (Å²) in [6.07, 6.45) is 2.61. The zero-order valence-electron chi connectivity index (χ0n) is 17.7. The Bertz CT molecular complexity index is 1470. The number of aromatic nitrogens is 2. The highest BCUT2D eigenvalue weighted by molar-refractivity contribution is 7.92. The third-order valence-electron chi connectivity index (χ3n) is 5.55. The summed E-state index contributed by atoms with van der Waals surface area (Å²) >= 11 is 1.18. The van der Waals surface area contributed by atoms with E-state index in [2.05, 4.69) is 20.6 Å². The number of para-hydroxylation sites is 1. The van der Waals surface area contributed by atoms with Crippen molar-refractivity contribution < 1.29 is 17.6 Å². The molecule has 0 aliphatic carbocycles. The summed E-state index contributed by atoms with van der Waals surface area (Å²) in [6, 6.07) is 16.2. The average Bonchev–Trinajstić information content (AvgIpc) is 3.32. The molecule has 0 saturated carbocycles. The number of aryl methyl sites for hydroxylation is 1. The van der Waals surface area contributed by atoms with Gasteiger partial charge >= 0.3 is 0 Å². The molecule has 4 aromatic rings. The van der Waals surface area contributed by atoms with Crippen molar-refractivity contribution in [3.63, 3.8) is 0 Å². The molecule has 5 rings (SSSR count). The van der Waals surface area contributed by atoms with Gasteiger partial charge in [-0.25, -0.2) is 17.8 Å². The van der Waals surface area contributed by atoms with Gasteiger partial charge in [0.15, 0.2) is 15.0 Å². The highest BCUT2D eigenvalue weighted by Crippen LogP contribution is 2.30. The fraction of sp³-hybridized carbons (Fsp3) is 0.125. The van der Waals surface area contributed by atoms with Crippen LogP contribution in [0.3, 0.4) is 0 Å². The van der Waals surface area contributed by atoms with Crippen LogP contribution in [0.1, 0.15) is 22.3 Å². The van der Waals surface area contributed by atoms with E-state index in [0.29, 0.717) is 24.2 Å². The zero-order chi connectivity index (χ0) is 23.7. The molecule has 1 aliphatic rings. The number of halogens is 1. The second kappa shape index (κ2) is 8.96. The van der Waals surface area contributed by atoms with Crippen molar-refractivity contribution in [2.45, 2.75) is 23.1 Å². The van der Waals surface area contributed by atoms with E-state index in [9.17, 15) is 17.6 Å². The van der Waals surface area contributed by atoms with Crippen LogP contribution in [0.25, 0.3) is 11.4 Å². The Morgan fingerprint density at radius 3 is 2.71 bits per heavy atom. The molecule has 10 heteroatoms. The van der Waals surface area contributed by atoms with E-state index >= 15 is 0 Å². The van der Waals surface area contributed by atoms with Gasteiger partial charge in [0.25, 0.3) is 5.91 Å². The van der Waals surface area contributed by atoms with Crippen LogP contribution < -0.4 is 10.6 Å². The normalized spacial score (nSPS) is 15.3. The lowest BCUT2D eigenvalue weighted by molar-refractivity contribution is 0.102. The zero-order valence-corrected chi connectivity index (χ0v) is 19.4. The summed E-state index contributed by atoms with van der Waals surface area (Å²) in [5.41, 5.74) is 2.77. The summed E-state index contributed by atoms with van der Waals surface area (Å²) in [7, 11) is -3.86. The molecule has 1 atom stereocenters. The van der Waals surface area contributed by atoms with E-state index in [1.165, 1.54) is 23.5 Å². The van der Waals surface area contributed by atoms with Gasteiger partial charge in [-0.3, -0.25) is 15.1 Å². The van der Waals surface area contributed by atoms with E-state index in [-0.39, 0.29) is 15.6 Å². The predicted octanol–water partition coefficient (Wildman–Crippen LogP) is 4.75. The lowest BCUT2D eigenvalue weighted by atomic mass is 10.0. The van der Waals surface area contributed by atoms with Crippen LogP contribution in [0.15, 0.2) is 77.1 Å². The minimum atomic E-state index is -3.86. The maximum absolute atomic E-state index is 14.8. The first-order valence-corrected chi connectivity index (χ1v) is 12.9. The molecule has 34 heavy (non-hydrogen) atoms. The van der Waals surface area contributed by atoms with E-state index in [0.717, 1.165) is 17.3 Å². The van der Waals surface area contributed by atoms with E-state index in [1.54, 1.807) is 23.7 Å². The number of amides is 1. The molecule has 0 fully saturated rings. The standard InChI is InChI=1S/C24H19FN4O3S2/c25-18-13-16(34(31,32)22-11-8-15-5-1-2-6-19(15)27-22)9-10-17(18)23(30)29-24-28-21(14-33-24)20-7-3-4-12-26-20/h1-7,9-10,12-14,22,27H,8,11H2,(H,28,29,30). The number of carbonyl (C=O) groups is 1. The number of anilines is 2. The van der Waals surface area contributed by atoms with E-state index in [1.807, 2.05) is 30.3 Å². The lowest BCUT2D eigenvalue weighted by Crippen LogP contribution is -2.33. The third-order valence-corrected chi connectivity index (χ3v) is 8.32. The molecule has 0 saturated heterocycles. The van der Waals surface area contributed by atoms with Gasteiger partial charge < -0.3 is 5.32 Å². The fourth-order valence-electron chi connectivity index (χ4n) is 3.79. The Balaban J connectivity index is 1.33. The van der Waals surface area contributed by atoms with Gasteiger partial charge in [-0.2, -0.15) is 0 Å². The molecular weight excluding hydrogens is 475 g/mol. The minimum absolute atomic E-state index is 0.176. The van der Waals surface area contributed by atoms with Crippen LogP contribution in [-0.2, 0) is 16.3 Å².